The van der Waals surface area contributed by atoms with Crippen LogP contribution < -0.4 is 14.8 Å². The first-order valence-electron chi connectivity index (χ1n) is 7.65. The minimum Gasteiger partial charge on any atom is -0.493 e. The van der Waals surface area contributed by atoms with Gasteiger partial charge in [-0.15, -0.1) is 5.10 Å². The number of amides is 1. The molecule has 1 amide bonds. The van der Waals surface area contributed by atoms with E-state index in [0.29, 0.717) is 17.2 Å². The third kappa shape index (κ3) is 4.31. The molecule has 0 unspecified atom stereocenters. The van der Waals surface area contributed by atoms with Crippen LogP contribution in [0.25, 0.3) is 5.69 Å². The van der Waals surface area contributed by atoms with Gasteiger partial charge in [0.05, 0.1) is 25.8 Å². The number of carbonyl (C=O) groups excluding carboxylic acids is 1. The van der Waals surface area contributed by atoms with Crippen molar-refractivity contribution in [3.63, 3.8) is 0 Å². The number of nitrogens with one attached hydrogen (secondary N) is 1. The van der Waals surface area contributed by atoms with E-state index in [0.717, 1.165) is 5.69 Å². The van der Waals surface area contributed by atoms with Crippen molar-refractivity contribution >= 4 is 11.6 Å². The predicted molar refractivity (Wildman–Crippen MR) is 90.9 cm³/mol. The minimum absolute atomic E-state index is 0.149. The Morgan fingerprint density at radius 3 is 2.76 bits per heavy atom. The number of para-hydroxylation sites is 2. The van der Waals surface area contributed by atoms with Crippen molar-refractivity contribution < 1.29 is 14.3 Å². The maximum atomic E-state index is 12.1. The van der Waals surface area contributed by atoms with Crippen LogP contribution in [0.2, 0.25) is 0 Å². The normalized spacial score (nSPS) is 10.3. The summed E-state index contributed by atoms with van der Waals surface area (Å²) >= 11 is 0. The van der Waals surface area contributed by atoms with Crippen LogP contribution in [0, 0.1) is 0 Å². The molecule has 0 saturated carbocycles. The standard InChI is InChI=1S/C17H17N5O3/c1-24-15-7-2-3-8-16(15)25-10-9-17(23)19-13-5-4-6-14(11-13)22-12-18-20-21-22/h2-8,11-12H,9-10H2,1H3,(H,19,23). The molecule has 0 aliphatic heterocycles. The fraction of sp³-hybridized carbons (Fsp3) is 0.176. The first-order valence-corrected chi connectivity index (χ1v) is 7.65. The zero-order valence-corrected chi connectivity index (χ0v) is 13.6. The summed E-state index contributed by atoms with van der Waals surface area (Å²) in [5, 5.41) is 13.8. The number of methoxy groups -OCH3 is 1. The van der Waals surface area contributed by atoms with Crippen LogP contribution in [0.15, 0.2) is 54.9 Å². The maximum absolute atomic E-state index is 12.1. The van der Waals surface area contributed by atoms with Gasteiger partial charge in [0.1, 0.15) is 6.33 Å². The molecule has 0 atom stereocenters. The first-order chi connectivity index (χ1) is 12.3. The van der Waals surface area contributed by atoms with Crippen molar-refractivity contribution in [3.05, 3.63) is 54.9 Å². The van der Waals surface area contributed by atoms with Crippen LogP contribution in [0.4, 0.5) is 5.69 Å². The molecule has 0 radical (unpaired) electrons. The number of tetrazole rings is 1. The van der Waals surface area contributed by atoms with Crippen LogP contribution in [-0.2, 0) is 4.79 Å². The van der Waals surface area contributed by atoms with Crippen molar-refractivity contribution in [3.8, 4) is 17.2 Å². The molecule has 3 aromatic rings. The van der Waals surface area contributed by atoms with Gasteiger partial charge in [0.15, 0.2) is 11.5 Å². The third-order valence-corrected chi connectivity index (χ3v) is 3.40. The Labute approximate surface area is 144 Å². The average molecular weight is 339 g/mol. The van der Waals surface area contributed by atoms with E-state index in [1.165, 1.54) is 11.0 Å². The number of nitrogens with zero attached hydrogens (tertiary/aromatic N) is 4. The molecular weight excluding hydrogens is 322 g/mol. The van der Waals surface area contributed by atoms with Gasteiger partial charge < -0.3 is 14.8 Å². The van der Waals surface area contributed by atoms with Gasteiger partial charge in [-0.25, -0.2) is 4.68 Å². The van der Waals surface area contributed by atoms with E-state index >= 15 is 0 Å². The molecule has 128 valence electrons. The fourth-order valence-electron chi connectivity index (χ4n) is 2.22. The summed E-state index contributed by atoms with van der Waals surface area (Å²) in [6.45, 7) is 0.249. The minimum atomic E-state index is -0.149. The lowest BCUT2D eigenvalue weighted by Crippen LogP contribution is -2.15. The third-order valence-electron chi connectivity index (χ3n) is 3.40. The second-order valence-corrected chi connectivity index (χ2v) is 5.10. The predicted octanol–water partition coefficient (Wildman–Crippen LogP) is 2.08. The highest BCUT2D eigenvalue weighted by atomic mass is 16.5. The average Bonchev–Trinajstić information content (AvgIpc) is 3.17. The molecule has 1 aromatic heterocycles. The highest BCUT2D eigenvalue weighted by molar-refractivity contribution is 5.91. The Hall–Kier alpha value is -3.42. The van der Waals surface area contributed by atoms with Gasteiger partial charge in [-0.3, -0.25) is 4.79 Å². The van der Waals surface area contributed by atoms with E-state index in [4.69, 9.17) is 9.47 Å². The van der Waals surface area contributed by atoms with E-state index in [2.05, 4.69) is 20.8 Å². The molecule has 0 spiro atoms. The summed E-state index contributed by atoms with van der Waals surface area (Å²) < 4.78 is 12.3. The molecule has 2 aromatic carbocycles. The van der Waals surface area contributed by atoms with Crippen molar-refractivity contribution in [2.75, 3.05) is 19.0 Å². The van der Waals surface area contributed by atoms with Crippen molar-refractivity contribution in [2.24, 2.45) is 0 Å². The Bertz CT molecular complexity index is 836. The number of anilines is 1. The number of ether oxygens (including phenoxy) is 2. The molecule has 1 N–H and O–H groups in total. The van der Waals surface area contributed by atoms with Crippen LogP contribution in [0.1, 0.15) is 6.42 Å². The summed E-state index contributed by atoms with van der Waals surface area (Å²) in [7, 11) is 1.58. The van der Waals surface area contributed by atoms with Gasteiger partial charge >= 0.3 is 0 Å². The number of carbonyl (C=O) groups is 1. The number of hydrogen-bond acceptors (Lipinski definition) is 6. The lowest BCUT2D eigenvalue weighted by molar-refractivity contribution is -0.116. The fourth-order valence-corrected chi connectivity index (χ4v) is 2.22. The summed E-state index contributed by atoms with van der Waals surface area (Å²) in [5.74, 6) is 1.10. The zero-order valence-electron chi connectivity index (χ0n) is 13.6. The Morgan fingerprint density at radius 2 is 2.00 bits per heavy atom. The van der Waals surface area contributed by atoms with Gasteiger partial charge in [-0.2, -0.15) is 0 Å². The summed E-state index contributed by atoms with van der Waals surface area (Å²) in [6.07, 6.45) is 1.70. The Balaban J connectivity index is 1.54. The van der Waals surface area contributed by atoms with Crippen molar-refractivity contribution in [1.29, 1.82) is 0 Å². The Morgan fingerprint density at radius 1 is 1.16 bits per heavy atom. The molecule has 8 nitrogen and oxygen atoms in total. The molecule has 0 fully saturated rings. The van der Waals surface area contributed by atoms with Gasteiger partial charge in [0.2, 0.25) is 5.91 Å². The lowest BCUT2D eigenvalue weighted by atomic mass is 10.2. The van der Waals surface area contributed by atoms with Gasteiger partial charge in [-0.1, -0.05) is 18.2 Å². The molecule has 0 saturated heterocycles. The monoisotopic (exact) mass is 339 g/mol. The number of hydrogen-bond donors (Lipinski definition) is 1. The second-order valence-electron chi connectivity index (χ2n) is 5.10. The zero-order chi connectivity index (χ0) is 17.5. The molecule has 0 aliphatic rings. The largest absolute Gasteiger partial charge is 0.493 e. The van der Waals surface area contributed by atoms with Crippen LogP contribution in [0.5, 0.6) is 11.5 Å². The highest BCUT2D eigenvalue weighted by Gasteiger charge is 2.07. The topological polar surface area (TPSA) is 91.2 Å². The highest BCUT2D eigenvalue weighted by Crippen LogP contribution is 2.25. The van der Waals surface area contributed by atoms with Gasteiger partial charge in [0, 0.05) is 5.69 Å². The molecule has 3 rings (SSSR count). The quantitative estimate of drug-likeness (QED) is 0.709. The van der Waals surface area contributed by atoms with Crippen LogP contribution in [0.3, 0.4) is 0 Å². The second kappa shape index (κ2) is 7.91. The molecular formula is C17H17N5O3. The number of aromatic nitrogens is 4. The summed E-state index contributed by atoms with van der Waals surface area (Å²) in [6, 6.07) is 14.6. The van der Waals surface area contributed by atoms with E-state index in [1.807, 2.05) is 24.3 Å². The van der Waals surface area contributed by atoms with Crippen molar-refractivity contribution in [1.82, 2.24) is 20.2 Å². The van der Waals surface area contributed by atoms with Crippen molar-refractivity contribution in [2.45, 2.75) is 6.42 Å². The number of benzene rings is 2. The van der Waals surface area contributed by atoms with Crippen LogP contribution >= 0.6 is 0 Å². The Kier molecular flexibility index (Phi) is 5.20. The maximum Gasteiger partial charge on any atom is 0.227 e. The van der Waals surface area contributed by atoms with Crippen LogP contribution in [-0.4, -0.2) is 39.8 Å². The lowest BCUT2D eigenvalue weighted by Gasteiger charge is -2.10. The number of rotatable bonds is 7. The van der Waals surface area contributed by atoms with E-state index < -0.39 is 0 Å². The van der Waals surface area contributed by atoms with Gasteiger partial charge in [-0.05, 0) is 40.8 Å². The summed E-state index contributed by atoms with van der Waals surface area (Å²) in [5.41, 5.74) is 1.42. The van der Waals surface area contributed by atoms with Gasteiger partial charge in [0.25, 0.3) is 0 Å². The summed E-state index contributed by atoms with van der Waals surface area (Å²) in [4.78, 5) is 12.1. The van der Waals surface area contributed by atoms with E-state index in [9.17, 15) is 4.79 Å². The first kappa shape index (κ1) is 16.4. The van der Waals surface area contributed by atoms with E-state index in [-0.39, 0.29) is 18.9 Å². The van der Waals surface area contributed by atoms with E-state index in [1.54, 1.807) is 31.4 Å². The smallest absolute Gasteiger partial charge is 0.227 e. The SMILES string of the molecule is COc1ccccc1OCCC(=O)Nc1cccc(-n2cnnn2)c1. The molecule has 25 heavy (non-hydrogen) atoms. The molecule has 0 bridgehead atoms. The molecule has 1 heterocycles. The molecule has 0 aliphatic carbocycles. The molecule has 8 heteroatoms.